The van der Waals surface area contributed by atoms with Gasteiger partial charge in [0.05, 0.1) is 13.0 Å². The maximum absolute atomic E-state index is 11.0. The Morgan fingerprint density at radius 1 is 1.00 bits per heavy atom. The van der Waals surface area contributed by atoms with Gasteiger partial charge in [0.1, 0.15) is 0 Å². The van der Waals surface area contributed by atoms with Gasteiger partial charge in [0.2, 0.25) is 0 Å². The molecule has 0 amide bonds. The molecule has 0 unspecified atom stereocenters. The van der Waals surface area contributed by atoms with Gasteiger partial charge in [0.15, 0.2) is 0 Å². The molecule has 2 aromatic carbocycles. The normalized spacial score (nSPS) is 12.4. The number of rotatable bonds is 7. The van der Waals surface area contributed by atoms with Gasteiger partial charge in [0, 0.05) is 5.92 Å². The summed E-state index contributed by atoms with van der Waals surface area (Å²) in [6, 6.07) is 16.0. The fourth-order valence-corrected chi connectivity index (χ4v) is 2.60. The van der Waals surface area contributed by atoms with Crippen molar-refractivity contribution in [3.05, 3.63) is 82.9 Å². The topological polar surface area (TPSA) is 57.5 Å². The van der Waals surface area contributed by atoms with Crippen molar-refractivity contribution in [1.29, 1.82) is 0 Å². The van der Waals surface area contributed by atoms with Crippen LogP contribution in [0.2, 0.25) is 0 Å². The minimum absolute atomic E-state index is 0.0604. The molecule has 1 atom stereocenters. The van der Waals surface area contributed by atoms with E-state index in [9.17, 15) is 4.79 Å². The predicted octanol–water partition coefficient (Wildman–Crippen LogP) is 3.90. The van der Waals surface area contributed by atoms with Crippen LogP contribution in [0.1, 0.15) is 41.5 Å². The van der Waals surface area contributed by atoms with E-state index in [1.54, 1.807) is 0 Å². The van der Waals surface area contributed by atoms with Gasteiger partial charge in [-0.1, -0.05) is 60.7 Å². The molecule has 3 nitrogen and oxygen atoms in total. The van der Waals surface area contributed by atoms with Gasteiger partial charge in [-0.25, -0.2) is 0 Å². The highest BCUT2D eigenvalue weighted by Gasteiger charge is 2.12. The van der Waals surface area contributed by atoms with E-state index in [0.29, 0.717) is 0 Å². The smallest absolute Gasteiger partial charge is 0.304 e. The quantitative estimate of drug-likeness (QED) is 0.762. The Hall–Kier alpha value is -2.39. The van der Waals surface area contributed by atoms with E-state index in [2.05, 4.69) is 0 Å². The third-order valence-corrected chi connectivity index (χ3v) is 3.84. The zero-order valence-corrected chi connectivity index (χ0v) is 13.3. The monoisotopic (exact) mass is 310 g/mol. The number of benzene rings is 2. The Balaban J connectivity index is 2.09. The van der Waals surface area contributed by atoms with Crippen LogP contribution >= 0.6 is 0 Å². The summed E-state index contributed by atoms with van der Waals surface area (Å²) in [4.78, 5) is 11.0. The summed E-state index contributed by atoms with van der Waals surface area (Å²) >= 11 is 0. The average Bonchev–Trinajstić information content (AvgIpc) is 2.55. The number of allylic oxidation sites excluding steroid dienone is 2. The van der Waals surface area contributed by atoms with E-state index >= 15 is 0 Å². The Kier molecular flexibility index (Phi) is 6.12. The van der Waals surface area contributed by atoms with Crippen molar-refractivity contribution < 1.29 is 15.0 Å². The molecule has 0 aliphatic rings. The molecule has 0 heterocycles. The Morgan fingerprint density at radius 3 is 2.00 bits per heavy atom. The summed E-state index contributed by atoms with van der Waals surface area (Å²) in [6.45, 7) is 1.96. The number of aliphatic hydroxyl groups excluding tert-OH is 1. The predicted molar refractivity (Wildman–Crippen MR) is 91.4 cm³/mol. The molecule has 120 valence electrons. The van der Waals surface area contributed by atoms with Crippen LogP contribution in [0, 0.1) is 0 Å². The molecule has 0 bridgehead atoms. The number of carbonyl (C=O) groups is 1. The minimum Gasteiger partial charge on any atom is -0.481 e. The lowest BCUT2D eigenvalue weighted by molar-refractivity contribution is -0.137. The second-order valence-electron chi connectivity index (χ2n) is 5.62. The van der Waals surface area contributed by atoms with Crippen LogP contribution in [-0.2, 0) is 17.8 Å². The molecule has 0 radical (unpaired) electrons. The highest BCUT2D eigenvalue weighted by atomic mass is 16.4. The summed E-state index contributed by atoms with van der Waals surface area (Å²) in [5.41, 5.74) is 4.29. The number of hydrogen-bond donors (Lipinski definition) is 2. The standard InChI is InChI=1S/C20H22O3/c1-2-3-19(13-20(22)23)18-10-8-16(9-11-18)12-15-4-6-17(14-21)7-5-15/h2-11,19,21H,12-14H2,1H3,(H,22,23)/t19-/m1/s1. The van der Waals surface area contributed by atoms with Gasteiger partial charge in [0.25, 0.3) is 0 Å². The number of carboxylic acids is 1. The maximum Gasteiger partial charge on any atom is 0.304 e. The summed E-state index contributed by atoms with van der Waals surface area (Å²) in [7, 11) is 0. The molecule has 2 rings (SSSR count). The Labute approximate surface area is 136 Å². The lowest BCUT2D eigenvalue weighted by Gasteiger charge is -2.12. The van der Waals surface area contributed by atoms with Gasteiger partial charge >= 0.3 is 5.97 Å². The van der Waals surface area contributed by atoms with Gasteiger partial charge in [-0.15, -0.1) is 0 Å². The summed E-state index contributed by atoms with van der Waals surface area (Å²) < 4.78 is 0. The van der Waals surface area contributed by atoms with Crippen LogP contribution in [-0.4, -0.2) is 16.2 Å². The zero-order valence-electron chi connectivity index (χ0n) is 13.3. The van der Waals surface area contributed by atoms with E-state index in [-0.39, 0.29) is 18.9 Å². The van der Waals surface area contributed by atoms with Crippen molar-refractivity contribution in [2.75, 3.05) is 0 Å². The van der Waals surface area contributed by atoms with Gasteiger partial charge in [-0.05, 0) is 35.6 Å². The van der Waals surface area contributed by atoms with E-state index < -0.39 is 5.97 Å². The van der Waals surface area contributed by atoms with Crippen molar-refractivity contribution in [2.24, 2.45) is 0 Å². The number of carboxylic acid groups (broad SMARTS) is 1. The number of hydrogen-bond acceptors (Lipinski definition) is 2. The molecular weight excluding hydrogens is 288 g/mol. The van der Waals surface area contributed by atoms with Gasteiger partial charge in [-0.2, -0.15) is 0 Å². The SMILES string of the molecule is CC=C[C@H](CC(=O)O)c1ccc(Cc2ccc(CO)cc2)cc1. The highest BCUT2D eigenvalue weighted by molar-refractivity contribution is 5.68. The molecule has 0 fully saturated rings. The molecule has 0 aliphatic heterocycles. The van der Waals surface area contributed by atoms with Crippen molar-refractivity contribution in [3.8, 4) is 0 Å². The lowest BCUT2D eigenvalue weighted by Crippen LogP contribution is -2.04. The molecule has 0 aliphatic carbocycles. The fraction of sp³-hybridized carbons (Fsp3) is 0.250. The van der Waals surface area contributed by atoms with Crippen LogP contribution in [0.25, 0.3) is 0 Å². The van der Waals surface area contributed by atoms with Gasteiger partial charge < -0.3 is 10.2 Å². The first-order valence-electron chi connectivity index (χ1n) is 7.74. The van der Waals surface area contributed by atoms with E-state index in [4.69, 9.17) is 10.2 Å². The first kappa shape index (κ1) is 17.0. The number of aliphatic hydroxyl groups is 1. The largest absolute Gasteiger partial charge is 0.481 e. The Bertz CT molecular complexity index is 654. The van der Waals surface area contributed by atoms with Crippen molar-refractivity contribution >= 4 is 5.97 Å². The molecular formula is C20H22O3. The lowest BCUT2D eigenvalue weighted by atomic mass is 9.93. The minimum atomic E-state index is -0.791. The molecule has 0 saturated heterocycles. The van der Waals surface area contributed by atoms with Crippen molar-refractivity contribution in [2.45, 2.75) is 32.3 Å². The number of aliphatic carboxylic acids is 1. The third-order valence-electron chi connectivity index (χ3n) is 3.84. The summed E-state index contributed by atoms with van der Waals surface area (Å²) in [5, 5.41) is 18.1. The van der Waals surface area contributed by atoms with Crippen LogP contribution < -0.4 is 0 Å². The first-order chi connectivity index (χ1) is 11.1. The average molecular weight is 310 g/mol. The van der Waals surface area contributed by atoms with Crippen LogP contribution in [0.4, 0.5) is 0 Å². The van der Waals surface area contributed by atoms with Crippen LogP contribution in [0.5, 0.6) is 0 Å². The van der Waals surface area contributed by atoms with Crippen molar-refractivity contribution in [1.82, 2.24) is 0 Å². The second kappa shape index (κ2) is 8.30. The molecule has 23 heavy (non-hydrogen) atoms. The maximum atomic E-state index is 11.0. The molecule has 0 spiro atoms. The van der Waals surface area contributed by atoms with E-state index in [0.717, 1.165) is 17.5 Å². The van der Waals surface area contributed by atoms with E-state index in [1.807, 2.05) is 67.6 Å². The molecule has 0 aromatic heterocycles. The molecule has 3 heteroatoms. The Morgan fingerprint density at radius 2 is 1.52 bits per heavy atom. The highest BCUT2D eigenvalue weighted by Crippen LogP contribution is 2.22. The molecule has 0 saturated carbocycles. The summed E-state index contributed by atoms with van der Waals surface area (Å²) in [5.74, 6) is -0.878. The van der Waals surface area contributed by atoms with E-state index in [1.165, 1.54) is 11.1 Å². The fourth-order valence-electron chi connectivity index (χ4n) is 2.60. The van der Waals surface area contributed by atoms with Gasteiger partial charge in [-0.3, -0.25) is 4.79 Å². The van der Waals surface area contributed by atoms with Crippen LogP contribution in [0.15, 0.2) is 60.7 Å². The van der Waals surface area contributed by atoms with Crippen molar-refractivity contribution in [3.63, 3.8) is 0 Å². The third kappa shape index (κ3) is 5.08. The second-order valence-corrected chi connectivity index (χ2v) is 5.62. The zero-order chi connectivity index (χ0) is 16.7. The molecule has 2 N–H and O–H groups in total. The first-order valence-corrected chi connectivity index (χ1v) is 7.74. The van der Waals surface area contributed by atoms with Crippen LogP contribution in [0.3, 0.4) is 0 Å². The molecule has 2 aromatic rings. The summed E-state index contributed by atoms with van der Waals surface area (Å²) in [6.07, 6.45) is 4.74.